The number of hydrogen-bond acceptors (Lipinski definition) is 3. The Morgan fingerprint density at radius 3 is 2.35 bits per heavy atom. The van der Waals surface area contributed by atoms with Gasteiger partial charge in [0, 0.05) is 10.6 Å². The Hall–Kier alpha value is -1.05. The molecule has 0 aliphatic rings. The van der Waals surface area contributed by atoms with Gasteiger partial charge in [-0.1, -0.05) is 0 Å². The number of rotatable bonds is 4. The summed E-state index contributed by atoms with van der Waals surface area (Å²) in [5.41, 5.74) is 0.436. The molecule has 106 valence electrons. The van der Waals surface area contributed by atoms with Crippen LogP contribution < -0.4 is 4.72 Å². The minimum Gasteiger partial charge on any atom is -0.280 e. The lowest BCUT2D eigenvalue weighted by molar-refractivity contribution is 0.593. The molecule has 20 heavy (non-hydrogen) atoms. The molecule has 0 aliphatic carbocycles. The molecular formula is C13H11BrFNO2S2. The van der Waals surface area contributed by atoms with Crippen LogP contribution in [0, 0.1) is 5.82 Å². The number of thioether (sulfide) groups is 1. The second-order valence-corrected chi connectivity index (χ2v) is 7.33. The Kier molecular flexibility index (Phi) is 4.72. The molecule has 7 heteroatoms. The van der Waals surface area contributed by atoms with Gasteiger partial charge in [0.1, 0.15) is 5.82 Å². The van der Waals surface area contributed by atoms with Crippen LogP contribution in [0.15, 0.2) is 56.7 Å². The van der Waals surface area contributed by atoms with E-state index in [0.29, 0.717) is 5.69 Å². The van der Waals surface area contributed by atoms with E-state index in [1.165, 1.54) is 12.1 Å². The zero-order valence-electron chi connectivity index (χ0n) is 10.4. The van der Waals surface area contributed by atoms with Crippen LogP contribution in [-0.2, 0) is 10.0 Å². The van der Waals surface area contributed by atoms with Crippen LogP contribution in [0.5, 0.6) is 0 Å². The summed E-state index contributed by atoms with van der Waals surface area (Å²) < 4.78 is 40.3. The quantitative estimate of drug-likeness (QED) is 0.817. The van der Waals surface area contributed by atoms with Crippen molar-refractivity contribution in [2.45, 2.75) is 9.79 Å². The van der Waals surface area contributed by atoms with Crippen molar-refractivity contribution in [3.63, 3.8) is 0 Å². The molecule has 0 saturated heterocycles. The van der Waals surface area contributed by atoms with Gasteiger partial charge in [-0.15, -0.1) is 11.8 Å². The smallest absolute Gasteiger partial charge is 0.261 e. The molecule has 0 atom stereocenters. The molecule has 0 aromatic heterocycles. The zero-order valence-corrected chi connectivity index (χ0v) is 13.6. The van der Waals surface area contributed by atoms with Crippen molar-refractivity contribution in [3.8, 4) is 0 Å². The van der Waals surface area contributed by atoms with Gasteiger partial charge >= 0.3 is 0 Å². The number of hydrogen-bond donors (Lipinski definition) is 1. The van der Waals surface area contributed by atoms with Gasteiger partial charge in [-0.05, 0) is 64.7 Å². The first-order valence-electron chi connectivity index (χ1n) is 5.54. The Bertz CT molecular complexity index is 718. The highest BCUT2D eigenvalue weighted by atomic mass is 79.9. The van der Waals surface area contributed by atoms with Crippen molar-refractivity contribution in [3.05, 3.63) is 52.8 Å². The van der Waals surface area contributed by atoms with Gasteiger partial charge in [0.25, 0.3) is 10.0 Å². The maximum atomic E-state index is 13.4. The molecule has 0 bridgehead atoms. The van der Waals surface area contributed by atoms with Crippen molar-refractivity contribution in [2.24, 2.45) is 0 Å². The maximum Gasteiger partial charge on any atom is 0.261 e. The van der Waals surface area contributed by atoms with Crippen molar-refractivity contribution in [1.29, 1.82) is 0 Å². The fraction of sp³-hybridized carbons (Fsp3) is 0.0769. The SMILES string of the molecule is CSc1ccc(NS(=O)(=O)c2ccc(Br)c(F)c2)cc1. The van der Waals surface area contributed by atoms with E-state index >= 15 is 0 Å². The standard InChI is InChI=1S/C13H11BrFNO2S2/c1-19-10-4-2-9(3-5-10)16-20(17,18)11-6-7-12(14)13(15)8-11/h2-8,16H,1H3. The van der Waals surface area contributed by atoms with E-state index in [-0.39, 0.29) is 9.37 Å². The van der Waals surface area contributed by atoms with E-state index in [0.717, 1.165) is 11.0 Å². The number of benzene rings is 2. The fourth-order valence-electron chi connectivity index (χ4n) is 1.52. The lowest BCUT2D eigenvalue weighted by Crippen LogP contribution is -2.13. The molecule has 0 saturated carbocycles. The summed E-state index contributed by atoms with van der Waals surface area (Å²) in [4.78, 5) is 0.912. The monoisotopic (exact) mass is 375 g/mol. The van der Waals surface area contributed by atoms with Crippen LogP contribution >= 0.6 is 27.7 Å². The Morgan fingerprint density at radius 2 is 1.80 bits per heavy atom. The van der Waals surface area contributed by atoms with Crippen molar-refractivity contribution in [2.75, 3.05) is 11.0 Å². The third-order valence-electron chi connectivity index (χ3n) is 2.54. The molecule has 0 unspecified atom stereocenters. The summed E-state index contributed by atoms with van der Waals surface area (Å²) in [6.45, 7) is 0. The minimum absolute atomic E-state index is 0.118. The van der Waals surface area contributed by atoms with Crippen LogP contribution in [-0.4, -0.2) is 14.7 Å². The van der Waals surface area contributed by atoms with E-state index in [1.807, 2.05) is 18.4 Å². The van der Waals surface area contributed by atoms with Gasteiger partial charge in [0.2, 0.25) is 0 Å². The molecule has 0 heterocycles. The topological polar surface area (TPSA) is 46.2 Å². The van der Waals surface area contributed by atoms with E-state index in [9.17, 15) is 12.8 Å². The summed E-state index contributed by atoms with van der Waals surface area (Å²) >= 11 is 4.55. The molecule has 0 spiro atoms. The Morgan fingerprint density at radius 1 is 1.15 bits per heavy atom. The van der Waals surface area contributed by atoms with Gasteiger partial charge in [0.05, 0.1) is 9.37 Å². The molecule has 0 aliphatic heterocycles. The van der Waals surface area contributed by atoms with Crippen LogP contribution in [0.3, 0.4) is 0 Å². The normalized spacial score (nSPS) is 11.3. The number of halogens is 2. The highest BCUT2D eigenvalue weighted by Crippen LogP contribution is 2.23. The van der Waals surface area contributed by atoms with Crippen molar-refractivity contribution in [1.82, 2.24) is 0 Å². The first kappa shape index (κ1) is 15.3. The van der Waals surface area contributed by atoms with E-state index in [2.05, 4.69) is 20.7 Å². The average molecular weight is 376 g/mol. The molecule has 0 amide bonds. The molecule has 3 nitrogen and oxygen atoms in total. The van der Waals surface area contributed by atoms with Crippen LogP contribution in [0.2, 0.25) is 0 Å². The third kappa shape index (κ3) is 3.53. The molecule has 2 rings (SSSR count). The molecule has 1 N–H and O–H groups in total. The Labute approximate surface area is 129 Å². The molecule has 0 radical (unpaired) electrons. The summed E-state index contributed by atoms with van der Waals surface area (Å²) in [7, 11) is -3.79. The minimum atomic E-state index is -3.79. The fourth-order valence-corrected chi connectivity index (χ4v) is 3.24. The third-order valence-corrected chi connectivity index (χ3v) is 5.31. The number of sulfonamides is 1. The second-order valence-electron chi connectivity index (χ2n) is 3.91. The second kappa shape index (κ2) is 6.15. The zero-order chi connectivity index (χ0) is 14.8. The Balaban J connectivity index is 2.27. The van der Waals surface area contributed by atoms with Gasteiger partial charge < -0.3 is 0 Å². The predicted octanol–water partition coefficient (Wildman–Crippen LogP) is 4.11. The first-order chi connectivity index (χ1) is 9.42. The highest BCUT2D eigenvalue weighted by molar-refractivity contribution is 9.10. The average Bonchev–Trinajstić information content (AvgIpc) is 2.42. The number of nitrogens with one attached hydrogen (secondary N) is 1. The van der Waals surface area contributed by atoms with Crippen molar-refractivity contribution >= 4 is 43.4 Å². The van der Waals surface area contributed by atoms with Gasteiger partial charge in [0.15, 0.2) is 0 Å². The molecular weight excluding hydrogens is 365 g/mol. The van der Waals surface area contributed by atoms with E-state index in [4.69, 9.17) is 0 Å². The molecule has 2 aromatic rings. The van der Waals surface area contributed by atoms with Crippen LogP contribution in [0.25, 0.3) is 0 Å². The predicted molar refractivity (Wildman–Crippen MR) is 83.1 cm³/mol. The summed E-state index contributed by atoms with van der Waals surface area (Å²) in [5.74, 6) is -0.620. The lowest BCUT2D eigenvalue weighted by Gasteiger charge is -2.09. The lowest BCUT2D eigenvalue weighted by atomic mass is 10.3. The highest BCUT2D eigenvalue weighted by Gasteiger charge is 2.16. The van der Waals surface area contributed by atoms with E-state index in [1.54, 1.807) is 23.9 Å². The molecule has 2 aromatic carbocycles. The van der Waals surface area contributed by atoms with Gasteiger partial charge in [-0.25, -0.2) is 12.8 Å². The van der Waals surface area contributed by atoms with Crippen LogP contribution in [0.4, 0.5) is 10.1 Å². The van der Waals surface area contributed by atoms with E-state index < -0.39 is 15.8 Å². The van der Waals surface area contributed by atoms with Gasteiger partial charge in [-0.2, -0.15) is 0 Å². The maximum absolute atomic E-state index is 13.4. The molecule has 0 fully saturated rings. The summed E-state index contributed by atoms with van der Waals surface area (Å²) in [5, 5.41) is 0. The first-order valence-corrected chi connectivity index (χ1v) is 9.04. The summed E-state index contributed by atoms with van der Waals surface area (Å²) in [6, 6.07) is 10.6. The number of anilines is 1. The largest absolute Gasteiger partial charge is 0.280 e. The summed E-state index contributed by atoms with van der Waals surface area (Å²) in [6.07, 6.45) is 1.93. The van der Waals surface area contributed by atoms with Crippen molar-refractivity contribution < 1.29 is 12.8 Å². The van der Waals surface area contributed by atoms with Crippen LogP contribution in [0.1, 0.15) is 0 Å². The van der Waals surface area contributed by atoms with Gasteiger partial charge in [-0.3, -0.25) is 4.72 Å².